The van der Waals surface area contributed by atoms with Crippen LogP contribution in [0.15, 0.2) is 54.1 Å². The van der Waals surface area contributed by atoms with Crippen LogP contribution in [0.25, 0.3) is 10.4 Å². The van der Waals surface area contributed by atoms with Crippen LogP contribution in [0.4, 0.5) is 0 Å². The van der Waals surface area contributed by atoms with Gasteiger partial charge in [0.2, 0.25) is 0 Å². The maximum absolute atomic E-state index is 6.68. The molecule has 196 valence electrons. The third-order valence-corrected chi connectivity index (χ3v) is 8.54. The summed E-state index contributed by atoms with van der Waals surface area (Å²) in [7, 11) is 1.70. The van der Waals surface area contributed by atoms with Crippen molar-refractivity contribution in [1.82, 2.24) is 4.90 Å². The smallest absolute Gasteiger partial charge is 0.158 e. The van der Waals surface area contributed by atoms with Gasteiger partial charge in [0.25, 0.3) is 0 Å². The molecule has 0 N–H and O–H groups in total. The zero-order valence-electron chi connectivity index (χ0n) is 21.3. The molecule has 0 amide bonds. The minimum absolute atomic E-state index is 0.0829. The summed E-state index contributed by atoms with van der Waals surface area (Å²) in [6.07, 6.45) is 9.04. The number of hydrogen-bond donors (Lipinski definition) is 0. The largest absolute Gasteiger partial charge is 0.505 e. The van der Waals surface area contributed by atoms with E-state index in [9.17, 15) is 0 Å². The Morgan fingerprint density at radius 1 is 1.08 bits per heavy atom. The lowest BCUT2D eigenvalue weighted by Gasteiger charge is -2.39. The van der Waals surface area contributed by atoms with Crippen molar-refractivity contribution < 1.29 is 23.7 Å². The van der Waals surface area contributed by atoms with Crippen molar-refractivity contribution in [3.63, 3.8) is 0 Å². The molecule has 3 heterocycles. The molecule has 3 fully saturated rings. The van der Waals surface area contributed by atoms with E-state index in [1.54, 1.807) is 24.7 Å². The first kappa shape index (κ1) is 25.9. The van der Waals surface area contributed by atoms with Gasteiger partial charge in [-0.1, -0.05) is 30.3 Å². The molecule has 7 heteroatoms. The van der Waals surface area contributed by atoms with E-state index in [0.717, 1.165) is 58.6 Å². The van der Waals surface area contributed by atoms with Crippen molar-refractivity contribution in [3.8, 4) is 10.4 Å². The van der Waals surface area contributed by atoms with Crippen LogP contribution in [-0.4, -0.2) is 69.5 Å². The van der Waals surface area contributed by atoms with Crippen molar-refractivity contribution in [2.75, 3.05) is 40.0 Å². The molecule has 2 aromatic rings. The van der Waals surface area contributed by atoms with Crippen LogP contribution in [0, 0.1) is 5.92 Å². The minimum Gasteiger partial charge on any atom is -0.505 e. The number of methoxy groups -OCH3 is 1. The van der Waals surface area contributed by atoms with Crippen molar-refractivity contribution in [2.24, 2.45) is 5.92 Å². The highest BCUT2D eigenvalue weighted by atomic mass is 32.1. The second kappa shape index (κ2) is 13.2. The molecular formula is C29H39NO5S. The number of allylic oxidation sites excluding steroid dienone is 1. The molecule has 3 aliphatic rings. The first-order valence-electron chi connectivity index (χ1n) is 13.3. The molecule has 1 aliphatic carbocycles. The Morgan fingerprint density at radius 2 is 1.94 bits per heavy atom. The molecule has 2 saturated heterocycles. The molecule has 1 aromatic carbocycles. The van der Waals surface area contributed by atoms with Crippen LogP contribution in [0.1, 0.15) is 37.7 Å². The molecule has 5 atom stereocenters. The number of thiophene rings is 1. The summed E-state index contributed by atoms with van der Waals surface area (Å²) in [6.45, 7) is 4.80. The van der Waals surface area contributed by atoms with Gasteiger partial charge >= 0.3 is 0 Å². The van der Waals surface area contributed by atoms with E-state index in [2.05, 4.69) is 52.8 Å². The maximum Gasteiger partial charge on any atom is 0.158 e. The van der Waals surface area contributed by atoms with Crippen LogP contribution in [-0.2, 0) is 30.3 Å². The van der Waals surface area contributed by atoms with Crippen LogP contribution in [0.3, 0.4) is 0 Å². The number of hydrogen-bond acceptors (Lipinski definition) is 7. The summed E-state index contributed by atoms with van der Waals surface area (Å²) in [5, 5.41) is 2.22. The van der Waals surface area contributed by atoms with E-state index in [1.807, 2.05) is 0 Å². The number of benzene rings is 1. The van der Waals surface area contributed by atoms with Gasteiger partial charge in [0.05, 0.1) is 45.4 Å². The lowest BCUT2D eigenvalue weighted by molar-refractivity contribution is -0.200. The Morgan fingerprint density at radius 3 is 2.72 bits per heavy atom. The van der Waals surface area contributed by atoms with Crippen LogP contribution in [0.2, 0.25) is 0 Å². The van der Waals surface area contributed by atoms with Gasteiger partial charge in [0.1, 0.15) is 0 Å². The molecule has 0 spiro atoms. The summed E-state index contributed by atoms with van der Waals surface area (Å²) < 4.78 is 30.2. The maximum atomic E-state index is 6.68. The number of ether oxygens (including phenoxy) is 5. The lowest BCUT2D eigenvalue weighted by atomic mass is 9.95. The number of nitrogens with zero attached hydrogens (tertiary/aromatic N) is 1. The number of rotatable bonds is 10. The van der Waals surface area contributed by atoms with Gasteiger partial charge in [0, 0.05) is 43.0 Å². The van der Waals surface area contributed by atoms with Gasteiger partial charge < -0.3 is 23.7 Å². The minimum atomic E-state index is -0.105. The summed E-state index contributed by atoms with van der Waals surface area (Å²) in [6, 6.07) is 13.1. The quantitative estimate of drug-likeness (QED) is 0.392. The Labute approximate surface area is 219 Å². The van der Waals surface area contributed by atoms with Crippen LogP contribution in [0.5, 0.6) is 0 Å². The first-order valence-corrected chi connectivity index (χ1v) is 14.2. The predicted molar refractivity (Wildman–Crippen MR) is 142 cm³/mol. The summed E-state index contributed by atoms with van der Waals surface area (Å²) in [5.74, 6) is 0.315. The van der Waals surface area contributed by atoms with Crippen molar-refractivity contribution in [2.45, 2.75) is 63.3 Å². The Bertz CT molecular complexity index is 938. The van der Waals surface area contributed by atoms with Crippen LogP contribution < -0.4 is 0 Å². The van der Waals surface area contributed by atoms with Gasteiger partial charge in [-0.05, 0) is 54.3 Å². The average Bonchev–Trinajstić information content (AvgIpc) is 3.54. The molecule has 1 saturated carbocycles. The van der Waals surface area contributed by atoms with E-state index in [4.69, 9.17) is 23.7 Å². The fraction of sp³-hybridized carbons (Fsp3) is 0.586. The molecular weight excluding hydrogens is 474 g/mol. The third kappa shape index (κ3) is 6.57. The molecule has 1 aromatic heterocycles. The third-order valence-electron chi connectivity index (χ3n) is 7.51. The van der Waals surface area contributed by atoms with Crippen molar-refractivity contribution in [3.05, 3.63) is 59.7 Å². The molecule has 0 bridgehead atoms. The zero-order valence-corrected chi connectivity index (χ0v) is 22.1. The second-order valence-electron chi connectivity index (χ2n) is 9.89. The standard InChI is InChI=1S/C29H39NO5S/c1-31-14-7-10-24-25(34-20-22-18-27(36-21-22)23-8-3-2-4-9-23)19-26(35-28-11-5-6-15-33-28)29(24)30-12-16-32-17-13-30/h2-4,7-9,14,18,21,24-26,28-29H,5-6,10-13,15-17,19-20H2,1H3. The van der Waals surface area contributed by atoms with Crippen molar-refractivity contribution in [1.29, 1.82) is 0 Å². The SMILES string of the molecule is COC=CCC1C(OCc2csc(-c3ccccc3)c2)CC(OC2CCCCO2)C1N1CCOCC1. The fourth-order valence-electron chi connectivity index (χ4n) is 5.77. The van der Waals surface area contributed by atoms with E-state index >= 15 is 0 Å². The van der Waals surface area contributed by atoms with E-state index in [1.165, 1.54) is 22.4 Å². The first-order chi connectivity index (χ1) is 17.8. The Kier molecular flexibility index (Phi) is 9.47. The normalized spacial score (nSPS) is 29.6. The lowest BCUT2D eigenvalue weighted by Crippen LogP contribution is -2.51. The van der Waals surface area contributed by atoms with Crippen molar-refractivity contribution >= 4 is 11.3 Å². The van der Waals surface area contributed by atoms with E-state index < -0.39 is 0 Å². The molecule has 2 aliphatic heterocycles. The summed E-state index contributed by atoms with van der Waals surface area (Å²) in [4.78, 5) is 3.84. The Balaban J connectivity index is 1.31. The highest BCUT2D eigenvalue weighted by Crippen LogP contribution is 2.39. The van der Waals surface area contributed by atoms with Gasteiger partial charge in [-0.3, -0.25) is 4.90 Å². The predicted octanol–water partition coefficient (Wildman–Crippen LogP) is 5.48. The zero-order chi connectivity index (χ0) is 24.6. The number of morpholine rings is 1. The summed E-state index contributed by atoms with van der Waals surface area (Å²) >= 11 is 1.78. The summed E-state index contributed by atoms with van der Waals surface area (Å²) in [5.41, 5.74) is 2.48. The van der Waals surface area contributed by atoms with E-state index in [0.29, 0.717) is 12.5 Å². The molecule has 36 heavy (non-hydrogen) atoms. The molecule has 5 rings (SSSR count). The Hall–Kier alpha value is -1.74. The van der Waals surface area contributed by atoms with Crippen LogP contribution >= 0.6 is 11.3 Å². The topological polar surface area (TPSA) is 49.4 Å². The van der Waals surface area contributed by atoms with E-state index in [-0.39, 0.29) is 24.5 Å². The molecule has 5 unspecified atom stereocenters. The molecule has 0 radical (unpaired) electrons. The fourth-order valence-corrected chi connectivity index (χ4v) is 6.68. The average molecular weight is 514 g/mol. The monoisotopic (exact) mass is 513 g/mol. The van der Waals surface area contributed by atoms with Gasteiger partial charge in [-0.25, -0.2) is 0 Å². The second-order valence-corrected chi connectivity index (χ2v) is 10.8. The van der Waals surface area contributed by atoms with Gasteiger partial charge in [-0.2, -0.15) is 0 Å². The highest BCUT2D eigenvalue weighted by Gasteiger charge is 2.48. The molecule has 6 nitrogen and oxygen atoms in total. The highest BCUT2D eigenvalue weighted by molar-refractivity contribution is 7.13. The van der Waals surface area contributed by atoms with Gasteiger partial charge in [0.15, 0.2) is 6.29 Å². The van der Waals surface area contributed by atoms with Gasteiger partial charge in [-0.15, -0.1) is 11.3 Å².